The fourth-order valence-corrected chi connectivity index (χ4v) is 2.19. The minimum absolute atomic E-state index is 0.0407. The number of rotatable bonds is 4. The van der Waals surface area contributed by atoms with Crippen molar-refractivity contribution in [3.63, 3.8) is 0 Å². The first-order chi connectivity index (χ1) is 6.87. The number of nitrogens with one attached hydrogen (secondary N) is 1. The Bertz CT molecular complexity index is 418. The number of sulfone groups is 1. The van der Waals surface area contributed by atoms with Crippen LogP contribution >= 0.6 is 11.6 Å². The van der Waals surface area contributed by atoms with Gasteiger partial charge in [0.25, 0.3) is 0 Å². The van der Waals surface area contributed by atoms with Gasteiger partial charge in [0.05, 0.1) is 23.2 Å². The molecule has 0 spiro atoms. The number of anilines is 1. The van der Waals surface area contributed by atoms with Gasteiger partial charge in [-0.15, -0.1) is 0 Å². The van der Waals surface area contributed by atoms with Gasteiger partial charge in [-0.2, -0.15) is 0 Å². The number of hydrogen-bond acceptors (Lipinski definition) is 5. The summed E-state index contributed by atoms with van der Waals surface area (Å²) < 4.78 is 22.0. The molecule has 1 heterocycles. The van der Waals surface area contributed by atoms with Crippen molar-refractivity contribution in [1.82, 2.24) is 9.97 Å². The highest BCUT2D eigenvalue weighted by atomic mass is 35.5. The quantitative estimate of drug-likeness (QED) is 0.861. The van der Waals surface area contributed by atoms with Crippen LogP contribution in [0.4, 0.5) is 5.95 Å². The second kappa shape index (κ2) is 4.76. The van der Waals surface area contributed by atoms with Crippen molar-refractivity contribution < 1.29 is 8.42 Å². The smallest absolute Gasteiger partial charge is 0.222 e. The van der Waals surface area contributed by atoms with Crippen molar-refractivity contribution in [2.75, 3.05) is 17.3 Å². The van der Waals surface area contributed by atoms with E-state index in [1.165, 1.54) is 18.6 Å². The molecule has 0 saturated carbocycles. The van der Waals surface area contributed by atoms with E-state index in [-0.39, 0.29) is 11.8 Å². The van der Waals surface area contributed by atoms with E-state index in [1.54, 1.807) is 6.92 Å². The summed E-state index contributed by atoms with van der Waals surface area (Å²) in [5, 5.41) is 3.31. The summed E-state index contributed by atoms with van der Waals surface area (Å²) in [5.41, 5.74) is 0. The molecule has 5 nitrogen and oxygen atoms in total. The minimum atomic E-state index is -3.00. The summed E-state index contributed by atoms with van der Waals surface area (Å²) in [4.78, 5) is 7.80. The number of nitrogens with zero attached hydrogens (tertiary/aromatic N) is 2. The molecular weight excluding hydrogens is 238 g/mol. The van der Waals surface area contributed by atoms with Gasteiger partial charge < -0.3 is 5.32 Å². The van der Waals surface area contributed by atoms with Gasteiger partial charge in [-0.3, -0.25) is 0 Å². The van der Waals surface area contributed by atoms with Crippen LogP contribution in [-0.4, -0.2) is 36.4 Å². The molecule has 1 unspecified atom stereocenters. The van der Waals surface area contributed by atoms with E-state index in [4.69, 9.17) is 11.6 Å². The van der Waals surface area contributed by atoms with Crippen LogP contribution < -0.4 is 5.32 Å². The lowest BCUT2D eigenvalue weighted by molar-refractivity contribution is 0.597. The molecule has 1 atom stereocenters. The third-order valence-electron chi connectivity index (χ3n) is 1.55. The third-order valence-corrected chi connectivity index (χ3v) is 2.85. The van der Waals surface area contributed by atoms with Gasteiger partial charge in [-0.25, -0.2) is 18.4 Å². The normalized spacial score (nSPS) is 13.5. The number of aromatic nitrogens is 2. The molecule has 0 saturated heterocycles. The van der Waals surface area contributed by atoms with Gasteiger partial charge >= 0.3 is 0 Å². The Morgan fingerprint density at radius 2 is 2.00 bits per heavy atom. The first-order valence-corrected chi connectivity index (χ1v) is 6.72. The molecule has 1 aromatic rings. The Hall–Kier alpha value is -0.880. The van der Waals surface area contributed by atoms with Crippen LogP contribution in [0, 0.1) is 0 Å². The van der Waals surface area contributed by atoms with Crippen molar-refractivity contribution in [2.45, 2.75) is 13.0 Å². The van der Waals surface area contributed by atoms with E-state index in [1.807, 2.05) is 0 Å². The molecule has 15 heavy (non-hydrogen) atoms. The summed E-state index contributed by atoms with van der Waals surface area (Å²) in [7, 11) is -3.00. The number of halogens is 1. The van der Waals surface area contributed by atoms with Gasteiger partial charge in [0.1, 0.15) is 9.84 Å². The standard InChI is InChI=1S/C8H12ClN3O2S/c1-6(5-15(2,13)14)12-8-10-3-7(9)4-11-8/h3-4,6H,5H2,1-2H3,(H,10,11,12). The van der Waals surface area contributed by atoms with Crippen molar-refractivity contribution in [1.29, 1.82) is 0 Å². The first kappa shape index (κ1) is 12.2. The molecule has 0 aromatic carbocycles. The number of hydrogen-bond donors (Lipinski definition) is 1. The van der Waals surface area contributed by atoms with Crippen LogP contribution in [0.2, 0.25) is 5.02 Å². The van der Waals surface area contributed by atoms with Crippen molar-refractivity contribution in [2.24, 2.45) is 0 Å². The Labute approximate surface area is 93.8 Å². The molecule has 0 aliphatic carbocycles. The second-order valence-electron chi connectivity index (χ2n) is 3.36. The lowest BCUT2D eigenvalue weighted by Crippen LogP contribution is -2.25. The summed E-state index contributed by atoms with van der Waals surface area (Å²) in [6.45, 7) is 1.75. The summed E-state index contributed by atoms with van der Waals surface area (Å²) >= 11 is 5.61. The van der Waals surface area contributed by atoms with Gasteiger partial charge in [0, 0.05) is 12.3 Å². The maximum absolute atomic E-state index is 11.0. The predicted molar refractivity (Wildman–Crippen MR) is 59.8 cm³/mol. The van der Waals surface area contributed by atoms with E-state index in [0.717, 1.165) is 0 Å². The largest absolute Gasteiger partial charge is 0.351 e. The highest BCUT2D eigenvalue weighted by Crippen LogP contribution is 2.06. The second-order valence-corrected chi connectivity index (χ2v) is 5.98. The van der Waals surface area contributed by atoms with Crippen molar-refractivity contribution in [3.8, 4) is 0 Å². The van der Waals surface area contributed by atoms with Gasteiger partial charge in [0.15, 0.2) is 0 Å². The Morgan fingerprint density at radius 1 is 1.47 bits per heavy atom. The zero-order valence-electron chi connectivity index (χ0n) is 8.44. The molecule has 1 rings (SSSR count). The van der Waals surface area contributed by atoms with E-state index < -0.39 is 9.84 Å². The third kappa shape index (κ3) is 4.94. The van der Waals surface area contributed by atoms with E-state index in [2.05, 4.69) is 15.3 Å². The van der Waals surface area contributed by atoms with Gasteiger partial charge in [-0.05, 0) is 6.92 Å². The lowest BCUT2D eigenvalue weighted by Gasteiger charge is -2.11. The average molecular weight is 250 g/mol. The Kier molecular flexibility index (Phi) is 3.87. The molecule has 0 aliphatic heterocycles. The summed E-state index contributed by atoms with van der Waals surface area (Å²) in [6, 6.07) is -0.235. The minimum Gasteiger partial charge on any atom is -0.351 e. The molecule has 84 valence electrons. The van der Waals surface area contributed by atoms with Crippen LogP contribution in [0.5, 0.6) is 0 Å². The van der Waals surface area contributed by atoms with Gasteiger partial charge in [0.2, 0.25) is 5.95 Å². The SMILES string of the molecule is CC(CS(C)(=O)=O)Nc1ncc(Cl)cn1. The monoisotopic (exact) mass is 249 g/mol. The molecule has 1 N–H and O–H groups in total. The highest BCUT2D eigenvalue weighted by molar-refractivity contribution is 7.90. The first-order valence-electron chi connectivity index (χ1n) is 4.28. The molecular formula is C8H12ClN3O2S. The molecule has 1 aromatic heterocycles. The zero-order chi connectivity index (χ0) is 11.5. The topological polar surface area (TPSA) is 72.0 Å². The van der Waals surface area contributed by atoms with Crippen LogP contribution in [0.25, 0.3) is 0 Å². The maximum atomic E-state index is 11.0. The van der Waals surface area contributed by atoms with Crippen LogP contribution in [0.15, 0.2) is 12.4 Å². The fraction of sp³-hybridized carbons (Fsp3) is 0.500. The van der Waals surface area contributed by atoms with Crippen LogP contribution in [-0.2, 0) is 9.84 Å². The summed E-state index contributed by atoms with van der Waals surface area (Å²) in [5.74, 6) is 0.412. The molecule has 0 radical (unpaired) electrons. The van der Waals surface area contributed by atoms with Crippen molar-refractivity contribution in [3.05, 3.63) is 17.4 Å². The highest BCUT2D eigenvalue weighted by Gasteiger charge is 2.10. The predicted octanol–water partition coefficient (Wildman–Crippen LogP) is 0.975. The van der Waals surface area contributed by atoms with E-state index in [9.17, 15) is 8.42 Å². The average Bonchev–Trinajstić information content (AvgIpc) is 2.05. The molecule has 0 aliphatic rings. The molecule has 0 fully saturated rings. The Morgan fingerprint density at radius 3 is 2.47 bits per heavy atom. The van der Waals surface area contributed by atoms with E-state index >= 15 is 0 Å². The zero-order valence-corrected chi connectivity index (χ0v) is 10.0. The van der Waals surface area contributed by atoms with Crippen LogP contribution in [0.1, 0.15) is 6.92 Å². The molecule has 0 amide bonds. The summed E-state index contributed by atoms with van der Waals surface area (Å²) in [6.07, 6.45) is 4.09. The molecule has 7 heteroatoms. The maximum Gasteiger partial charge on any atom is 0.222 e. The Balaban J connectivity index is 2.59. The lowest BCUT2D eigenvalue weighted by atomic mass is 10.4. The van der Waals surface area contributed by atoms with Crippen LogP contribution in [0.3, 0.4) is 0 Å². The van der Waals surface area contributed by atoms with Gasteiger partial charge in [-0.1, -0.05) is 11.6 Å². The van der Waals surface area contributed by atoms with Crippen molar-refractivity contribution >= 4 is 27.4 Å². The van der Waals surface area contributed by atoms with E-state index in [0.29, 0.717) is 11.0 Å². The molecule has 0 bridgehead atoms. The fourth-order valence-electron chi connectivity index (χ4n) is 1.10.